The summed E-state index contributed by atoms with van der Waals surface area (Å²) in [4.78, 5) is 11.7. The van der Waals surface area contributed by atoms with Gasteiger partial charge in [0.2, 0.25) is 5.88 Å². The van der Waals surface area contributed by atoms with Gasteiger partial charge in [-0.15, -0.1) is 0 Å². The minimum atomic E-state index is 0.162. The fourth-order valence-electron chi connectivity index (χ4n) is 5.92. The second-order valence-corrected chi connectivity index (χ2v) is 9.13. The summed E-state index contributed by atoms with van der Waals surface area (Å²) < 4.78 is 8.78. The van der Waals surface area contributed by atoms with Crippen molar-refractivity contribution < 1.29 is 4.74 Å². The molecule has 0 aromatic carbocycles. The number of hydrogen-bond donors (Lipinski definition) is 0. The van der Waals surface area contributed by atoms with Crippen molar-refractivity contribution in [2.45, 2.75) is 57.6 Å². The van der Waals surface area contributed by atoms with Gasteiger partial charge in [-0.1, -0.05) is 18.9 Å². The summed E-state index contributed by atoms with van der Waals surface area (Å²) in [5.41, 5.74) is 0. The van der Waals surface area contributed by atoms with Gasteiger partial charge in [-0.05, 0) is 56.4 Å². The molecule has 28 heavy (non-hydrogen) atoms. The number of ether oxygens (including phenoxy) is 1. The van der Waals surface area contributed by atoms with Crippen LogP contribution < -0.4 is 4.74 Å². The average molecular weight is 381 g/mol. The third-order valence-corrected chi connectivity index (χ3v) is 7.28. The average Bonchev–Trinajstić information content (AvgIpc) is 3.43. The maximum Gasteiger partial charge on any atom is 0.213 e. The predicted molar refractivity (Wildman–Crippen MR) is 109 cm³/mol. The third-order valence-electron chi connectivity index (χ3n) is 7.28. The molecule has 1 aliphatic heterocycles. The van der Waals surface area contributed by atoms with E-state index >= 15 is 0 Å². The molecule has 3 aliphatic rings. The molecule has 0 unspecified atom stereocenters. The lowest BCUT2D eigenvalue weighted by Gasteiger charge is -2.38. The fourth-order valence-corrected chi connectivity index (χ4v) is 5.92. The van der Waals surface area contributed by atoms with Crippen LogP contribution in [0.3, 0.4) is 0 Å². The number of nitrogens with zero attached hydrogens (tertiary/aromatic N) is 4. The zero-order valence-corrected chi connectivity index (χ0v) is 16.9. The van der Waals surface area contributed by atoms with Crippen LogP contribution in [0, 0.1) is 24.7 Å². The Morgan fingerprint density at radius 3 is 2.57 bits per heavy atom. The number of aromatic nitrogens is 3. The van der Waals surface area contributed by atoms with E-state index in [0.29, 0.717) is 6.04 Å². The number of imidazole rings is 1. The van der Waals surface area contributed by atoms with Gasteiger partial charge in [-0.25, -0.2) is 9.97 Å². The zero-order chi connectivity index (χ0) is 18.9. The van der Waals surface area contributed by atoms with Gasteiger partial charge in [0.05, 0.1) is 6.04 Å². The number of likely N-dealkylation sites (tertiary alicyclic amines) is 1. The first-order chi connectivity index (χ1) is 13.8. The molecule has 5 nitrogen and oxygen atoms in total. The predicted octanol–water partition coefficient (Wildman–Crippen LogP) is 4.11. The molecule has 5 rings (SSSR count). The molecule has 2 saturated carbocycles. The molecule has 0 radical (unpaired) electrons. The highest BCUT2D eigenvalue weighted by Crippen LogP contribution is 2.43. The van der Waals surface area contributed by atoms with Crippen LogP contribution in [0.15, 0.2) is 36.8 Å². The highest BCUT2D eigenvalue weighted by atomic mass is 16.5. The van der Waals surface area contributed by atoms with Gasteiger partial charge in [-0.2, -0.15) is 0 Å². The Bertz CT molecular complexity index is 770. The van der Waals surface area contributed by atoms with E-state index in [9.17, 15) is 0 Å². The molecule has 3 heterocycles. The van der Waals surface area contributed by atoms with Crippen LogP contribution in [-0.4, -0.2) is 45.2 Å². The Labute approximate surface area is 168 Å². The summed E-state index contributed by atoms with van der Waals surface area (Å²) >= 11 is 0. The van der Waals surface area contributed by atoms with Gasteiger partial charge in [-0.3, -0.25) is 0 Å². The highest BCUT2D eigenvalue weighted by Gasteiger charge is 2.44. The van der Waals surface area contributed by atoms with Gasteiger partial charge in [0.1, 0.15) is 11.9 Å². The molecular formula is C23H32N4O. The molecule has 0 amide bonds. The van der Waals surface area contributed by atoms with E-state index in [1.165, 1.54) is 51.7 Å². The van der Waals surface area contributed by atoms with E-state index in [4.69, 9.17) is 4.74 Å². The SMILES string of the molecule is Cc1nccn1[C@H]1C[C@H]2CN(CC3CCCC3)C[C@H]2C[C@@H]1Oc1ccccn1. The molecule has 1 saturated heterocycles. The van der Waals surface area contributed by atoms with Gasteiger partial charge < -0.3 is 14.2 Å². The van der Waals surface area contributed by atoms with Crippen molar-refractivity contribution in [3.63, 3.8) is 0 Å². The molecule has 0 spiro atoms. The van der Waals surface area contributed by atoms with Crippen molar-refractivity contribution in [1.29, 1.82) is 0 Å². The van der Waals surface area contributed by atoms with Crippen LogP contribution in [-0.2, 0) is 0 Å². The van der Waals surface area contributed by atoms with Gasteiger partial charge in [0, 0.05) is 44.3 Å². The van der Waals surface area contributed by atoms with E-state index in [2.05, 4.69) is 32.6 Å². The normalized spacial score (nSPS) is 31.2. The van der Waals surface area contributed by atoms with E-state index in [0.717, 1.165) is 35.9 Å². The number of fused-ring (bicyclic) bond motifs is 1. The number of rotatable bonds is 5. The Kier molecular flexibility index (Phi) is 5.10. The summed E-state index contributed by atoms with van der Waals surface area (Å²) in [6, 6.07) is 6.27. The van der Waals surface area contributed by atoms with E-state index in [-0.39, 0.29) is 6.10 Å². The highest BCUT2D eigenvalue weighted by molar-refractivity contribution is 5.11. The van der Waals surface area contributed by atoms with Crippen molar-refractivity contribution in [3.8, 4) is 5.88 Å². The first-order valence-electron chi connectivity index (χ1n) is 11.1. The summed E-state index contributed by atoms with van der Waals surface area (Å²) in [6.45, 7) is 5.93. The lowest BCUT2D eigenvalue weighted by atomic mass is 9.77. The maximum absolute atomic E-state index is 6.45. The van der Waals surface area contributed by atoms with Crippen molar-refractivity contribution in [1.82, 2.24) is 19.4 Å². The summed E-state index contributed by atoms with van der Waals surface area (Å²) in [6.07, 6.45) is 14.1. The van der Waals surface area contributed by atoms with Gasteiger partial charge in [0.25, 0.3) is 0 Å². The molecule has 2 aromatic heterocycles. The Balaban J connectivity index is 1.33. The van der Waals surface area contributed by atoms with Crippen molar-refractivity contribution >= 4 is 0 Å². The third kappa shape index (κ3) is 3.69. The van der Waals surface area contributed by atoms with Gasteiger partial charge >= 0.3 is 0 Å². The second kappa shape index (κ2) is 7.86. The van der Waals surface area contributed by atoms with Crippen LogP contribution in [0.25, 0.3) is 0 Å². The lowest BCUT2D eigenvalue weighted by Crippen LogP contribution is -2.40. The zero-order valence-electron chi connectivity index (χ0n) is 16.9. The van der Waals surface area contributed by atoms with Crippen LogP contribution in [0.1, 0.15) is 50.4 Å². The van der Waals surface area contributed by atoms with E-state index in [1.807, 2.05) is 30.6 Å². The van der Waals surface area contributed by atoms with Crippen LogP contribution >= 0.6 is 0 Å². The molecule has 0 N–H and O–H groups in total. The first kappa shape index (κ1) is 18.2. The summed E-state index contributed by atoms with van der Waals surface area (Å²) in [5.74, 6) is 4.28. The van der Waals surface area contributed by atoms with Crippen molar-refractivity contribution in [2.75, 3.05) is 19.6 Å². The smallest absolute Gasteiger partial charge is 0.213 e. The summed E-state index contributed by atoms with van der Waals surface area (Å²) in [7, 11) is 0. The van der Waals surface area contributed by atoms with Crippen LogP contribution in [0.4, 0.5) is 0 Å². The molecular weight excluding hydrogens is 348 g/mol. The minimum absolute atomic E-state index is 0.162. The molecule has 2 aromatic rings. The molecule has 3 fully saturated rings. The minimum Gasteiger partial charge on any atom is -0.472 e. The first-order valence-corrected chi connectivity index (χ1v) is 11.1. The molecule has 5 heteroatoms. The Hall–Kier alpha value is -1.88. The summed E-state index contributed by atoms with van der Waals surface area (Å²) in [5, 5.41) is 0. The van der Waals surface area contributed by atoms with Gasteiger partial charge in [0.15, 0.2) is 0 Å². The van der Waals surface area contributed by atoms with E-state index in [1.54, 1.807) is 0 Å². The topological polar surface area (TPSA) is 43.2 Å². The standard InChI is InChI=1S/C23H32N4O/c1-17-24-10-11-27(17)21-12-19-15-26(14-18-6-2-3-7-18)16-20(19)13-22(21)28-23-8-4-5-9-25-23/h4-5,8-11,18-22H,2-3,6-7,12-16H2,1H3/t19-,20+,21-,22-/m0/s1. The fraction of sp³-hybridized carbons (Fsp3) is 0.652. The monoisotopic (exact) mass is 380 g/mol. The molecule has 0 bridgehead atoms. The largest absolute Gasteiger partial charge is 0.472 e. The Morgan fingerprint density at radius 1 is 1.04 bits per heavy atom. The van der Waals surface area contributed by atoms with Crippen molar-refractivity contribution in [3.05, 3.63) is 42.6 Å². The van der Waals surface area contributed by atoms with Crippen LogP contribution in [0.5, 0.6) is 5.88 Å². The molecule has 4 atom stereocenters. The Morgan fingerprint density at radius 2 is 1.86 bits per heavy atom. The van der Waals surface area contributed by atoms with E-state index < -0.39 is 0 Å². The number of hydrogen-bond acceptors (Lipinski definition) is 4. The quantitative estimate of drug-likeness (QED) is 0.783. The van der Waals surface area contributed by atoms with Crippen molar-refractivity contribution in [2.24, 2.45) is 17.8 Å². The molecule has 2 aliphatic carbocycles. The second-order valence-electron chi connectivity index (χ2n) is 9.13. The molecule has 150 valence electrons. The lowest BCUT2D eigenvalue weighted by molar-refractivity contribution is 0.0504. The van der Waals surface area contributed by atoms with Crippen LogP contribution in [0.2, 0.25) is 0 Å². The number of aryl methyl sites for hydroxylation is 1. The maximum atomic E-state index is 6.45. The number of pyridine rings is 1.